The number of esters is 1. The minimum absolute atomic E-state index is 0.0569. The SMILES string of the molecule is CCOC(=O)c1cc(-c2ccc(C)c(C)c2)n(-c2ccc(C(=O)N[C@@H]3C[C@H](C)CC(C)(C)C3)cc2)n1. The smallest absolute Gasteiger partial charge is 0.358 e. The number of ether oxygens (including phenoxy) is 1. The molecule has 1 N–H and O–H groups in total. The molecule has 1 heterocycles. The molecule has 1 amide bonds. The van der Waals surface area contributed by atoms with Crippen molar-refractivity contribution in [3.05, 3.63) is 70.9 Å². The minimum atomic E-state index is -0.457. The van der Waals surface area contributed by atoms with E-state index in [4.69, 9.17) is 4.74 Å². The third-order valence-electron chi connectivity index (χ3n) is 7.09. The molecule has 190 valence electrons. The number of hydrogen-bond donors (Lipinski definition) is 1. The van der Waals surface area contributed by atoms with Crippen molar-refractivity contribution >= 4 is 11.9 Å². The van der Waals surface area contributed by atoms with Crippen LogP contribution >= 0.6 is 0 Å². The summed E-state index contributed by atoms with van der Waals surface area (Å²) in [6, 6.07) is 15.5. The van der Waals surface area contributed by atoms with Crippen LogP contribution < -0.4 is 5.32 Å². The number of amides is 1. The number of carbonyl (C=O) groups excluding carboxylic acids is 2. The molecule has 1 aliphatic carbocycles. The molecule has 0 bridgehead atoms. The highest BCUT2D eigenvalue weighted by molar-refractivity contribution is 5.94. The van der Waals surface area contributed by atoms with Gasteiger partial charge in [0.15, 0.2) is 5.69 Å². The van der Waals surface area contributed by atoms with Crippen LogP contribution in [0.2, 0.25) is 0 Å². The van der Waals surface area contributed by atoms with E-state index in [2.05, 4.69) is 57.2 Å². The first-order chi connectivity index (χ1) is 17.1. The molecule has 1 fully saturated rings. The number of rotatable bonds is 6. The minimum Gasteiger partial charge on any atom is -0.461 e. The highest BCUT2D eigenvalue weighted by atomic mass is 16.5. The number of aryl methyl sites for hydroxylation is 2. The van der Waals surface area contributed by atoms with Gasteiger partial charge < -0.3 is 10.1 Å². The number of hydrogen-bond acceptors (Lipinski definition) is 4. The Morgan fingerprint density at radius 1 is 1.06 bits per heavy atom. The van der Waals surface area contributed by atoms with Crippen molar-refractivity contribution in [1.29, 1.82) is 0 Å². The summed E-state index contributed by atoms with van der Waals surface area (Å²) in [5, 5.41) is 7.80. The van der Waals surface area contributed by atoms with Crippen LogP contribution in [-0.2, 0) is 4.74 Å². The van der Waals surface area contributed by atoms with Crippen molar-refractivity contribution in [3.8, 4) is 16.9 Å². The van der Waals surface area contributed by atoms with Gasteiger partial charge in [-0.1, -0.05) is 32.9 Å². The maximum atomic E-state index is 13.0. The van der Waals surface area contributed by atoms with Crippen LogP contribution in [0.3, 0.4) is 0 Å². The number of nitrogens with zero attached hydrogens (tertiary/aromatic N) is 2. The Balaban J connectivity index is 1.61. The quantitative estimate of drug-likeness (QED) is 0.416. The van der Waals surface area contributed by atoms with Gasteiger partial charge in [-0.05, 0) is 98.9 Å². The van der Waals surface area contributed by atoms with Crippen LogP contribution in [0.25, 0.3) is 16.9 Å². The van der Waals surface area contributed by atoms with Crippen LogP contribution in [0.4, 0.5) is 0 Å². The molecule has 2 aromatic carbocycles. The predicted octanol–water partition coefficient (Wildman–Crippen LogP) is 6.28. The topological polar surface area (TPSA) is 73.2 Å². The fraction of sp³-hybridized carbons (Fsp3) is 0.433. The van der Waals surface area contributed by atoms with Gasteiger partial charge >= 0.3 is 5.97 Å². The molecular formula is C30H37N3O3. The number of nitrogens with one attached hydrogen (secondary N) is 1. The molecule has 6 heteroatoms. The Morgan fingerprint density at radius 2 is 1.78 bits per heavy atom. The first-order valence-electron chi connectivity index (χ1n) is 12.8. The summed E-state index contributed by atoms with van der Waals surface area (Å²) in [4.78, 5) is 25.5. The lowest BCUT2D eigenvalue weighted by Crippen LogP contribution is -2.42. The Hall–Kier alpha value is -3.41. The molecule has 1 aromatic heterocycles. The predicted molar refractivity (Wildman–Crippen MR) is 142 cm³/mol. The summed E-state index contributed by atoms with van der Waals surface area (Å²) >= 11 is 0. The summed E-state index contributed by atoms with van der Waals surface area (Å²) < 4.78 is 6.93. The second kappa shape index (κ2) is 10.3. The zero-order valence-corrected chi connectivity index (χ0v) is 22.2. The average Bonchev–Trinajstić information content (AvgIpc) is 3.25. The van der Waals surface area contributed by atoms with Crippen LogP contribution in [0.1, 0.15) is 78.9 Å². The first-order valence-corrected chi connectivity index (χ1v) is 12.8. The van der Waals surface area contributed by atoms with Crippen LogP contribution in [0, 0.1) is 25.2 Å². The summed E-state index contributed by atoms with van der Waals surface area (Å²) in [5.74, 6) is 0.0825. The fourth-order valence-corrected chi connectivity index (χ4v) is 5.47. The largest absolute Gasteiger partial charge is 0.461 e. The standard InChI is InChI=1S/C30H37N3O3/c1-7-36-29(35)26-16-27(23-9-8-20(3)21(4)15-23)33(32-26)25-12-10-22(11-13-25)28(34)31-24-14-19(2)17-30(5,6)18-24/h8-13,15-16,19,24H,7,14,17-18H2,1-6H3,(H,31,34)/t19-,24+/m0/s1. The summed E-state index contributed by atoms with van der Waals surface area (Å²) in [6.45, 7) is 13.0. The third-order valence-corrected chi connectivity index (χ3v) is 7.09. The molecule has 2 atom stereocenters. The highest BCUT2D eigenvalue weighted by Gasteiger charge is 2.32. The molecule has 3 aromatic rings. The monoisotopic (exact) mass is 487 g/mol. The van der Waals surface area contributed by atoms with E-state index < -0.39 is 5.97 Å². The molecule has 0 radical (unpaired) electrons. The molecule has 1 aliphatic rings. The Kier molecular flexibility index (Phi) is 7.34. The molecule has 6 nitrogen and oxygen atoms in total. The lowest BCUT2D eigenvalue weighted by atomic mass is 9.70. The van der Waals surface area contributed by atoms with Crippen molar-refractivity contribution in [2.75, 3.05) is 6.61 Å². The van der Waals surface area contributed by atoms with Crippen molar-refractivity contribution < 1.29 is 14.3 Å². The Labute approximate surface area is 214 Å². The second-order valence-corrected chi connectivity index (χ2v) is 11.0. The van der Waals surface area contributed by atoms with Gasteiger partial charge in [0.25, 0.3) is 5.91 Å². The maximum absolute atomic E-state index is 13.0. The van der Waals surface area contributed by atoms with Crippen molar-refractivity contribution in [1.82, 2.24) is 15.1 Å². The summed E-state index contributed by atoms with van der Waals surface area (Å²) in [7, 11) is 0. The number of carbonyl (C=O) groups is 2. The van der Waals surface area contributed by atoms with E-state index in [0.29, 0.717) is 11.5 Å². The molecule has 0 saturated heterocycles. The third kappa shape index (κ3) is 5.69. The number of benzene rings is 2. The van der Waals surface area contributed by atoms with Crippen LogP contribution in [0.5, 0.6) is 0 Å². The molecule has 36 heavy (non-hydrogen) atoms. The molecule has 0 spiro atoms. The van der Waals surface area contributed by atoms with E-state index in [9.17, 15) is 9.59 Å². The molecule has 4 rings (SSSR count). The maximum Gasteiger partial charge on any atom is 0.358 e. The summed E-state index contributed by atoms with van der Waals surface area (Å²) in [5.41, 5.74) is 5.96. The molecule has 0 aliphatic heterocycles. The van der Waals surface area contributed by atoms with E-state index in [0.717, 1.165) is 35.3 Å². The molecule has 1 saturated carbocycles. The fourth-order valence-electron chi connectivity index (χ4n) is 5.47. The first kappa shape index (κ1) is 25.7. The lowest BCUT2D eigenvalue weighted by molar-refractivity contribution is 0.0518. The zero-order chi connectivity index (χ0) is 26.0. The summed E-state index contributed by atoms with van der Waals surface area (Å²) in [6.07, 6.45) is 3.19. The van der Waals surface area contributed by atoms with E-state index in [1.165, 1.54) is 12.0 Å². The van der Waals surface area contributed by atoms with Crippen molar-refractivity contribution in [2.24, 2.45) is 11.3 Å². The van der Waals surface area contributed by atoms with Gasteiger partial charge in [0.1, 0.15) is 0 Å². The number of aromatic nitrogens is 2. The van der Waals surface area contributed by atoms with E-state index >= 15 is 0 Å². The van der Waals surface area contributed by atoms with Gasteiger partial charge in [-0.25, -0.2) is 9.48 Å². The van der Waals surface area contributed by atoms with E-state index in [-0.39, 0.29) is 29.7 Å². The van der Waals surface area contributed by atoms with E-state index in [1.54, 1.807) is 17.7 Å². The second-order valence-electron chi connectivity index (χ2n) is 11.0. The van der Waals surface area contributed by atoms with Crippen LogP contribution in [0.15, 0.2) is 48.5 Å². The lowest BCUT2D eigenvalue weighted by Gasteiger charge is -2.39. The average molecular weight is 488 g/mol. The van der Waals surface area contributed by atoms with Gasteiger partial charge in [0.2, 0.25) is 0 Å². The molecular weight excluding hydrogens is 450 g/mol. The van der Waals surface area contributed by atoms with Gasteiger partial charge in [-0.2, -0.15) is 5.10 Å². The Bertz CT molecular complexity index is 1260. The highest BCUT2D eigenvalue weighted by Crippen LogP contribution is 2.38. The van der Waals surface area contributed by atoms with Crippen molar-refractivity contribution in [3.63, 3.8) is 0 Å². The van der Waals surface area contributed by atoms with E-state index in [1.807, 2.05) is 30.3 Å². The molecule has 0 unspecified atom stereocenters. The van der Waals surface area contributed by atoms with Crippen molar-refractivity contribution in [2.45, 2.75) is 66.8 Å². The normalized spacial score (nSPS) is 19.1. The van der Waals surface area contributed by atoms with Crippen LogP contribution in [-0.4, -0.2) is 34.3 Å². The van der Waals surface area contributed by atoms with Gasteiger partial charge in [0, 0.05) is 17.2 Å². The van der Waals surface area contributed by atoms with Gasteiger partial charge in [-0.15, -0.1) is 0 Å². The Morgan fingerprint density at radius 3 is 2.42 bits per heavy atom. The zero-order valence-electron chi connectivity index (χ0n) is 22.2. The van der Waals surface area contributed by atoms with Gasteiger partial charge in [0.05, 0.1) is 18.0 Å². The van der Waals surface area contributed by atoms with Gasteiger partial charge in [-0.3, -0.25) is 4.79 Å².